The number of carbonyl (C=O) groups is 1. The van der Waals surface area contributed by atoms with E-state index in [1.54, 1.807) is 6.20 Å². The fourth-order valence-corrected chi connectivity index (χ4v) is 2.36. The van der Waals surface area contributed by atoms with Crippen LogP contribution < -0.4 is 10.6 Å². The van der Waals surface area contributed by atoms with Crippen LogP contribution in [0.5, 0.6) is 0 Å². The molecule has 0 spiro atoms. The predicted molar refractivity (Wildman–Crippen MR) is 72.8 cm³/mol. The van der Waals surface area contributed by atoms with Crippen molar-refractivity contribution < 1.29 is 4.79 Å². The Balaban J connectivity index is 1.81. The smallest absolute Gasteiger partial charge is 0.242 e. The van der Waals surface area contributed by atoms with Gasteiger partial charge in [-0.1, -0.05) is 13.8 Å². The van der Waals surface area contributed by atoms with Gasteiger partial charge in [-0.3, -0.25) is 9.89 Å². The minimum absolute atomic E-state index is 0.00711. The van der Waals surface area contributed by atoms with Crippen molar-refractivity contribution in [2.45, 2.75) is 26.8 Å². The van der Waals surface area contributed by atoms with E-state index in [9.17, 15) is 4.79 Å². The summed E-state index contributed by atoms with van der Waals surface area (Å²) in [6.07, 6.45) is 1.63. The van der Waals surface area contributed by atoms with E-state index in [1.165, 1.54) is 0 Å². The zero-order valence-electron chi connectivity index (χ0n) is 11.2. The first-order valence-electron chi connectivity index (χ1n) is 6.32. The van der Waals surface area contributed by atoms with E-state index >= 15 is 0 Å². The standard InChI is InChI=1S/C13H17N5O/c1-7-9-4-8(5-14-11(9)18-17-7)16-12(19)10-13(2,3)6-15-10/h4-5,10,15H,6H2,1-3H3,(H,16,19)(H,14,17,18). The molecule has 0 saturated carbocycles. The number of fused-ring (bicyclic) bond motifs is 1. The molecule has 6 nitrogen and oxygen atoms in total. The van der Waals surface area contributed by atoms with Crippen molar-refractivity contribution in [3.05, 3.63) is 18.0 Å². The third-order valence-corrected chi connectivity index (χ3v) is 3.67. The Morgan fingerprint density at radius 1 is 1.53 bits per heavy atom. The van der Waals surface area contributed by atoms with Crippen molar-refractivity contribution in [2.75, 3.05) is 11.9 Å². The Morgan fingerprint density at radius 2 is 2.32 bits per heavy atom. The first kappa shape index (κ1) is 12.1. The molecule has 6 heteroatoms. The van der Waals surface area contributed by atoms with Gasteiger partial charge in [-0.25, -0.2) is 4.98 Å². The van der Waals surface area contributed by atoms with Crippen molar-refractivity contribution >= 4 is 22.6 Å². The maximum Gasteiger partial charge on any atom is 0.242 e. The Morgan fingerprint density at radius 3 is 2.95 bits per heavy atom. The van der Waals surface area contributed by atoms with Gasteiger partial charge < -0.3 is 10.6 Å². The lowest BCUT2D eigenvalue weighted by atomic mass is 9.77. The number of aromatic amines is 1. The number of hydrogen-bond acceptors (Lipinski definition) is 4. The summed E-state index contributed by atoms with van der Waals surface area (Å²) in [5.74, 6) is -0.0152. The van der Waals surface area contributed by atoms with Gasteiger partial charge in [-0.05, 0) is 13.0 Å². The van der Waals surface area contributed by atoms with Gasteiger partial charge in [0.1, 0.15) is 0 Å². The molecule has 1 aliphatic rings. The molecule has 3 rings (SSSR count). The van der Waals surface area contributed by atoms with Crippen molar-refractivity contribution in [3.63, 3.8) is 0 Å². The molecule has 0 aromatic carbocycles. The topological polar surface area (TPSA) is 82.7 Å². The largest absolute Gasteiger partial charge is 0.323 e. The first-order chi connectivity index (χ1) is 8.97. The van der Waals surface area contributed by atoms with Crippen molar-refractivity contribution in [1.82, 2.24) is 20.5 Å². The number of rotatable bonds is 2. The Hall–Kier alpha value is -1.95. The van der Waals surface area contributed by atoms with Gasteiger partial charge in [-0.2, -0.15) is 5.10 Å². The number of amides is 1. The van der Waals surface area contributed by atoms with E-state index in [-0.39, 0.29) is 17.4 Å². The van der Waals surface area contributed by atoms with Gasteiger partial charge in [0, 0.05) is 23.0 Å². The Kier molecular flexibility index (Phi) is 2.56. The molecule has 1 aliphatic heterocycles. The predicted octanol–water partition coefficient (Wildman–Crippen LogP) is 1.20. The molecule has 0 aliphatic carbocycles. The molecule has 19 heavy (non-hydrogen) atoms. The van der Waals surface area contributed by atoms with Crippen LogP contribution in [0.1, 0.15) is 19.5 Å². The summed E-state index contributed by atoms with van der Waals surface area (Å²) in [6, 6.07) is 1.75. The molecule has 3 N–H and O–H groups in total. The molecule has 2 aromatic rings. The second kappa shape index (κ2) is 4.03. The SMILES string of the molecule is Cc1[nH]nc2ncc(NC(=O)C3NCC3(C)C)cc12. The van der Waals surface area contributed by atoms with Crippen LogP contribution in [0.4, 0.5) is 5.69 Å². The Labute approximate surface area is 111 Å². The summed E-state index contributed by atoms with van der Waals surface area (Å²) in [4.78, 5) is 16.4. The highest BCUT2D eigenvalue weighted by Gasteiger charge is 2.43. The number of anilines is 1. The van der Waals surface area contributed by atoms with E-state index in [4.69, 9.17) is 0 Å². The van der Waals surface area contributed by atoms with Crippen LogP contribution in [0.25, 0.3) is 11.0 Å². The van der Waals surface area contributed by atoms with Crippen LogP contribution in [0.2, 0.25) is 0 Å². The number of H-pyrrole nitrogens is 1. The minimum atomic E-state index is -0.145. The summed E-state index contributed by atoms with van der Waals surface area (Å²) >= 11 is 0. The molecular weight excluding hydrogens is 242 g/mol. The number of aryl methyl sites for hydroxylation is 1. The molecule has 1 amide bonds. The van der Waals surface area contributed by atoms with Crippen LogP contribution in [0.15, 0.2) is 12.3 Å². The summed E-state index contributed by atoms with van der Waals surface area (Å²) in [7, 11) is 0. The molecule has 1 fully saturated rings. The maximum absolute atomic E-state index is 12.1. The van der Waals surface area contributed by atoms with Crippen LogP contribution in [-0.2, 0) is 4.79 Å². The molecular formula is C13H17N5O. The van der Waals surface area contributed by atoms with Crippen molar-refractivity contribution in [2.24, 2.45) is 5.41 Å². The molecule has 100 valence electrons. The molecule has 2 aromatic heterocycles. The third-order valence-electron chi connectivity index (χ3n) is 3.67. The van der Waals surface area contributed by atoms with Gasteiger partial charge in [0.15, 0.2) is 5.65 Å². The number of carbonyl (C=O) groups excluding carboxylic acids is 1. The van der Waals surface area contributed by atoms with Crippen LogP contribution in [0, 0.1) is 12.3 Å². The van der Waals surface area contributed by atoms with Gasteiger partial charge in [0.25, 0.3) is 0 Å². The zero-order valence-corrected chi connectivity index (χ0v) is 11.2. The molecule has 0 bridgehead atoms. The average Bonchev–Trinajstić information content (AvgIpc) is 2.70. The summed E-state index contributed by atoms with van der Waals surface area (Å²) in [5.41, 5.74) is 2.32. The summed E-state index contributed by atoms with van der Waals surface area (Å²) < 4.78 is 0. The van der Waals surface area contributed by atoms with Gasteiger partial charge in [-0.15, -0.1) is 0 Å². The molecule has 1 unspecified atom stereocenters. The average molecular weight is 259 g/mol. The van der Waals surface area contributed by atoms with Gasteiger partial charge in [0.2, 0.25) is 5.91 Å². The van der Waals surface area contributed by atoms with Crippen molar-refractivity contribution in [1.29, 1.82) is 0 Å². The van der Waals surface area contributed by atoms with Crippen LogP contribution >= 0.6 is 0 Å². The number of nitrogens with zero attached hydrogens (tertiary/aromatic N) is 2. The van der Waals surface area contributed by atoms with E-state index < -0.39 is 0 Å². The van der Waals surface area contributed by atoms with Gasteiger partial charge >= 0.3 is 0 Å². The van der Waals surface area contributed by atoms with Crippen LogP contribution in [0.3, 0.4) is 0 Å². The molecule has 3 heterocycles. The zero-order chi connectivity index (χ0) is 13.6. The van der Waals surface area contributed by atoms with Gasteiger partial charge in [0.05, 0.1) is 17.9 Å². The second-order valence-electron chi connectivity index (χ2n) is 5.74. The lowest BCUT2D eigenvalue weighted by Crippen LogP contribution is -2.64. The van der Waals surface area contributed by atoms with E-state index in [0.29, 0.717) is 11.3 Å². The van der Waals surface area contributed by atoms with Crippen LogP contribution in [-0.4, -0.2) is 33.7 Å². The highest BCUT2D eigenvalue weighted by Crippen LogP contribution is 2.29. The monoisotopic (exact) mass is 259 g/mol. The highest BCUT2D eigenvalue weighted by atomic mass is 16.2. The normalized spacial score (nSPS) is 21.1. The number of nitrogens with one attached hydrogen (secondary N) is 3. The number of hydrogen-bond donors (Lipinski definition) is 3. The maximum atomic E-state index is 12.1. The number of aromatic nitrogens is 3. The number of pyridine rings is 1. The summed E-state index contributed by atoms with van der Waals surface area (Å²) in [5, 5.41) is 13.9. The summed E-state index contributed by atoms with van der Waals surface area (Å²) in [6.45, 7) is 6.95. The Bertz CT molecular complexity index is 646. The molecule has 1 atom stereocenters. The quantitative estimate of drug-likeness (QED) is 0.757. The van der Waals surface area contributed by atoms with E-state index in [1.807, 2.05) is 13.0 Å². The molecule has 0 radical (unpaired) electrons. The second-order valence-corrected chi connectivity index (χ2v) is 5.74. The van der Waals surface area contributed by atoms with E-state index in [2.05, 4.69) is 39.7 Å². The third kappa shape index (κ3) is 1.98. The fraction of sp³-hybridized carbons (Fsp3) is 0.462. The lowest BCUT2D eigenvalue weighted by Gasteiger charge is -2.44. The van der Waals surface area contributed by atoms with E-state index in [0.717, 1.165) is 17.6 Å². The fourth-order valence-electron chi connectivity index (χ4n) is 2.36. The molecule has 1 saturated heterocycles. The minimum Gasteiger partial charge on any atom is -0.323 e. The lowest BCUT2D eigenvalue weighted by molar-refractivity contribution is -0.124. The highest BCUT2D eigenvalue weighted by molar-refractivity contribution is 5.97. The van der Waals surface area contributed by atoms with Crippen molar-refractivity contribution in [3.8, 4) is 0 Å². The first-order valence-corrected chi connectivity index (χ1v) is 6.32.